The van der Waals surface area contributed by atoms with Gasteiger partial charge in [0.2, 0.25) is 0 Å². The van der Waals surface area contributed by atoms with Crippen molar-refractivity contribution in [2.24, 2.45) is 7.05 Å². The lowest BCUT2D eigenvalue weighted by molar-refractivity contribution is 0.0695. The normalized spacial score (nSPS) is 11.1. The van der Waals surface area contributed by atoms with Gasteiger partial charge >= 0.3 is 5.97 Å². The van der Waals surface area contributed by atoms with Crippen LogP contribution in [0.5, 0.6) is 0 Å². The van der Waals surface area contributed by atoms with E-state index in [0.29, 0.717) is 18.2 Å². The summed E-state index contributed by atoms with van der Waals surface area (Å²) in [7, 11) is 1.74. The van der Waals surface area contributed by atoms with Gasteiger partial charge in [0.15, 0.2) is 0 Å². The molecule has 0 radical (unpaired) electrons. The van der Waals surface area contributed by atoms with Crippen molar-refractivity contribution in [3.63, 3.8) is 0 Å². The summed E-state index contributed by atoms with van der Waals surface area (Å²) in [6.45, 7) is 4.58. The Morgan fingerprint density at radius 1 is 1.50 bits per heavy atom. The Kier molecular flexibility index (Phi) is 3.18. The van der Waals surface area contributed by atoms with Gasteiger partial charge in [-0.1, -0.05) is 13.8 Å². The molecule has 0 aliphatic rings. The molecule has 1 N–H and O–H groups in total. The Balaban J connectivity index is 2.37. The molecule has 0 atom stereocenters. The number of rotatable bonds is 4. The fourth-order valence-corrected chi connectivity index (χ4v) is 1.95. The van der Waals surface area contributed by atoms with Crippen LogP contribution in [0.4, 0.5) is 0 Å². The fraction of sp³-hybridized carbons (Fsp3) is 0.417. The summed E-state index contributed by atoms with van der Waals surface area (Å²) in [6.07, 6.45) is 4.96. The summed E-state index contributed by atoms with van der Waals surface area (Å²) in [6, 6.07) is 0. The van der Waals surface area contributed by atoms with Crippen molar-refractivity contribution in [1.29, 1.82) is 0 Å². The number of aromatic nitrogens is 4. The van der Waals surface area contributed by atoms with Crippen molar-refractivity contribution < 1.29 is 9.90 Å². The molecule has 18 heavy (non-hydrogen) atoms. The van der Waals surface area contributed by atoms with Gasteiger partial charge in [0.25, 0.3) is 0 Å². The first kappa shape index (κ1) is 12.3. The molecule has 6 heteroatoms. The summed E-state index contributed by atoms with van der Waals surface area (Å²) in [5, 5.41) is 13.1. The Morgan fingerprint density at radius 2 is 2.22 bits per heavy atom. The van der Waals surface area contributed by atoms with E-state index in [1.54, 1.807) is 17.9 Å². The summed E-state index contributed by atoms with van der Waals surface area (Å²) < 4.78 is 3.54. The van der Waals surface area contributed by atoms with Gasteiger partial charge < -0.3 is 9.67 Å². The smallest absolute Gasteiger partial charge is 0.339 e. The van der Waals surface area contributed by atoms with E-state index in [9.17, 15) is 4.79 Å². The number of aromatic carboxylic acids is 1. The molecule has 2 aromatic heterocycles. The van der Waals surface area contributed by atoms with Gasteiger partial charge in [0.1, 0.15) is 11.4 Å². The number of hydrogen-bond acceptors (Lipinski definition) is 3. The standard InChI is InChI=1S/C12H16N4O2/c1-8(2)11-13-4-5-16(11)7-10-9(12(17)18)6-14-15(10)3/h4-6,8H,7H2,1-3H3,(H,17,18). The van der Waals surface area contributed by atoms with Crippen LogP contribution in [0.25, 0.3) is 0 Å². The van der Waals surface area contributed by atoms with Crippen LogP contribution in [0.2, 0.25) is 0 Å². The van der Waals surface area contributed by atoms with Crippen LogP contribution in [-0.4, -0.2) is 30.4 Å². The highest BCUT2D eigenvalue weighted by Crippen LogP contribution is 2.15. The van der Waals surface area contributed by atoms with E-state index in [4.69, 9.17) is 5.11 Å². The molecule has 0 saturated heterocycles. The first-order valence-electron chi connectivity index (χ1n) is 5.76. The maximum atomic E-state index is 11.1. The van der Waals surface area contributed by atoms with Gasteiger partial charge in [-0.3, -0.25) is 4.68 Å². The zero-order chi connectivity index (χ0) is 13.3. The van der Waals surface area contributed by atoms with E-state index in [2.05, 4.69) is 23.9 Å². The monoisotopic (exact) mass is 248 g/mol. The zero-order valence-electron chi connectivity index (χ0n) is 10.7. The third-order valence-electron chi connectivity index (χ3n) is 2.88. The highest BCUT2D eigenvalue weighted by molar-refractivity contribution is 5.88. The third kappa shape index (κ3) is 2.13. The number of carbonyl (C=O) groups is 1. The lowest BCUT2D eigenvalue weighted by Crippen LogP contribution is -2.12. The minimum Gasteiger partial charge on any atom is -0.478 e. The molecule has 0 fully saturated rings. The highest BCUT2D eigenvalue weighted by Gasteiger charge is 2.17. The molecule has 2 rings (SSSR count). The molecule has 6 nitrogen and oxygen atoms in total. The second kappa shape index (κ2) is 4.64. The van der Waals surface area contributed by atoms with Crippen molar-refractivity contribution in [2.75, 3.05) is 0 Å². The molecule has 0 aliphatic heterocycles. The molecule has 0 saturated carbocycles. The van der Waals surface area contributed by atoms with E-state index < -0.39 is 5.97 Å². The highest BCUT2D eigenvalue weighted by atomic mass is 16.4. The number of carboxylic acid groups (broad SMARTS) is 1. The van der Waals surface area contributed by atoms with Gasteiger partial charge in [-0.2, -0.15) is 5.10 Å². The fourth-order valence-electron chi connectivity index (χ4n) is 1.95. The second-order valence-corrected chi connectivity index (χ2v) is 4.50. The van der Waals surface area contributed by atoms with Gasteiger partial charge in [-0.25, -0.2) is 9.78 Å². The molecule has 0 aliphatic carbocycles. The molecule has 0 bridgehead atoms. The van der Waals surface area contributed by atoms with Gasteiger partial charge in [0.05, 0.1) is 18.4 Å². The average Bonchev–Trinajstić information content (AvgIpc) is 2.87. The minimum absolute atomic E-state index is 0.237. The van der Waals surface area contributed by atoms with Crippen molar-refractivity contribution in [1.82, 2.24) is 19.3 Å². The molecular weight excluding hydrogens is 232 g/mol. The third-order valence-corrected chi connectivity index (χ3v) is 2.88. The van der Waals surface area contributed by atoms with Crippen molar-refractivity contribution >= 4 is 5.97 Å². The molecule has 0 unspecified atom stereocenters. The molecule has 0 spiro atoms. The van der Waals surface area contributed by atoms with Crippen LogP contribution in [0.3, 0.4) is 0 Å². The van der Waals surface area contributed by atoms with E-state index in [1.165, 1.54) is 6.20 Å². The van der Waals surface area contributed by atoms with Crippen LogP contribution in [0, 0.1) is 0 Å². The molecule has 0 amide bonds. The summed E-state index contributed by atoms with van der Waals surface area (Å²) in [4.78, 5) is 15.4. The van der Waals surface area contributed by atoms with Crippen LogP contribution in [0.1, 0.15) is 41.6 Å². The largest absolute Gasteiger partial charge is 0.478 e. The second-order valence-electron chi connectivity index (χ2n) is 4.50. The summed E-state index contributed by atoms with van der Waals surface area (Å²) in [5.74, 6) is 0.276. The lowest BCUT2D eigenvalue weighted by atomic mass is 10.2. The molecular formula is C12H16N4O2. The molecule has 2 aromatic rings. The average molecular weight is 248 g/mol. The van der Waals surface area contributed by atoms with Crippen LogP contribution >= 0.6 is 0 Å². The van der Waals surface area contributed by atoms with Crippen molar-refractivity contribution in [2.45, 2.75) is 26.3 Å². The lowest BCUT2D eigenvalue weighted by Gasteiger charge is -2.11. The Hall–Kier alpha value is -2.11. The van der Waals surface area contributed by atoms with Crippen molar-refractivity contribution in [3.8, 4) is 0 Å². The summed E-state index contributed by atoms with van der Waals surface area (Å²) in [5.41, 5.74) is 0.906. The van der Waals surface area contributed by atoms with E-state index in [0.717, 1.165) is 5.82 Å². The minimum atomic E-state index is -0.954. The number of aryl methyl sites for hydroxylation is 1. The van der Waals surface area contributed by atoms with Crippen molar-refractivity contribution in [3.05, 3.63) is 35.7 Å². The molecule has 2 heterocycles. The number of imidazole rings is 1. The maximum absolute atomic E-state index is 11.1. The first-order chi connectivity index (χ1) is 8.50. The molecule has 96 valence electrons. The van der Waals surface area contributed by atoms with Gasteiger partial charge in [-0.15, -0.1) is 0 Å². The zero-order valence-corrected chi connectivity index (χ0v) is 10.7. The Labute approximate surface area is 105 Å². The first-order valence-corrected chi connectivity index (χ1v) is 5.76. The van der Waals surface area contributed by atoms with E-state index in [-0.39, 0.29) is 5.56 Å². The van der Waals surface area contributed by atoms with E-state index >= 15 is 0 Å². The number of hydrogen-bond donors (Lipinski definition) is 1. The van der Waals surface area contributed by atoms with Gasteiger partial charge in [0, 0.05) is 25.4 Å². The van der Waals surface area contributed by atoms with Gasteiger partial charge in [-0.05, 0) is 0 Å². The quantitative estimate of drug-likeness (QED) is 0.889. The topological polar surface area (TPSA) is 72.9 Å². The van der Waals surface area contributed by atoms with Crippen LogP contribution < -0.4 is 0 Å². The Morgan fingerprint density at radius 3 is 2.83 bits per heavy atom. The Bertz CT molecular complexity index is 568. The SMILES string of the molecule is CC(C)c1nccn1Cc1c(C(=O)O)cnn1C. The molecule has 0 aromatic carbocycles. The number of nitrogens with zero attached hydrogens (tertiary/aromatic N) is 4. The summed E-state index contributed by atoms with van der Waals surface area (Å²) >= 11 is 0. The van der Waals surface area contributed by atoms with E-state index in [1.807, 2.05) is 10.8 Å². The van der Waals surface area contributed by atoms with Crippen LogP contribution in [-0.2, 0) is 13.6 Å². The maximum Gasteiger partial charge on any atom is 0.339 e. The van der Waals surface area contributed by atoms with Crippen LogP contribution in [0.15, 0.2) is 18.6 Å². The predicted octanol–water partition coefficient (Wildman–Crippen LogP) is 1.49. The number of carboxylic acids is 1. The predicted molar refractivity (Wildman–Crippen MR) is 65.6 cm³/mol.